The summed E-state index contributed by atoms with van der Waals surface area (Å²) in [6.45, 7) is 5.58. The van der Waals surface area contributed by atoms with Gasteiger partial charge in [-0.15, -0.1) is 0 Å². The van der Waals surface area contributed by atoms with Gasteiger partial charge >= 0.3 is 0 Å². The van der Waals surface area contributed by atoms with Crippen molar-refractivity contribution in [1.82, 2.24) is 10.3 Å². The molecule has 1 heterocycles. The van der Waals surface area contributed by atoms with Crippen LogP contribution in [0.5, 0.6) is 0 Å². The van der Waals surface area contributed by atoms with E-state index in [0.717, 1.165) is 45.5 Å². The molecular formula is C27H26N4O. The second-order valence-electron chi connectivity index (χ2n) is 7.93. The van der Waals surface area contributed by atoms with E-state index < -0.39 is 0 Å². The van der Waals surface area contributed by atoms with Crippen LogP contribution >= 0.6 is 0 Å². The number of nitrogens with zero attached hydrogens (tertiary/aromatic N) is 2. The molecular weight excluding hydrogens is 396 g/mol. The Kier molecular flexibility index (Phi) is 6.46. The summed E-state index contributed by atoms with van der Waals surface area (Å²) in [7, 11) is 0. The maximum Gasteiger partial charge on any atom is 0.103 e. The van der Waals surface area contributed by atoms with Gasteiger partial charge in [0.1, 0.15) is 6.07 Å². The number of aliphatic hydroxyl groups is 1. The fraction of sp³-hybridized carbons (Fsp3) is 0.185. The molecule has 0 saturated carbocycles. The minimum Gasteiger partial charge on any atom is -0.395 e. The predicted octanol–water partition coefficient (Wildman–Crippen LogP) is 5.22. The number of aliphatic hydroxyl groups excluding tert-OH is 1. The monoisotopic (exact) mass is 422 g/mol. The summed E-state index contributed by atoms with van der Waals surface area (Å²) in [5.41, 5.74) is 8.79. The molecule has 3 aromatic carbocycles. The van der Waals surface area contributed by atoms with Gasteiger partial charge < -0.3 is 15.7 Å². The van der Waals surface area contributed by atoms with E-state index in [2.05, 4.69) is 84.1 Å². The minimum absolute atomic E-state index is 0.135. The van der Waals surface area contributed by atoms with Crippen molar-refractivity contribution in [3.05, 3.63) is 89.1 Å². The van der Waals surface area contributed by atoms with Gasteiger partial charge in [-0.3, -0.25) is 4.98 Å². The number of anilines is 2. The van der Waals surface area contributed by atoms with Gasteiger partial charge in [-0.05, 0) is 48.2 Å². The molecule has 0 atom stereocenters. The normalized spacial score (nSPS) is 10.8. The number of rotatable bonds is 7. The van der Waals surface area contributed by atoms with Gasteiger partial charge in [0.2, 0.25) is 0 Å². The Bertz CT molecular complexity index is 1290. The molecule has 0 radical (unpaired) electrons. The SMILES string of the molecule is Cc1ccc(Nc2c(C#N)cnc3cc(-c4ccc(CNCCO)cc4)ccc23)c(C)c1. The number of pyridine rings is 1. The van der Waals surface area contributed by atoms with E-state index in [1.807, 2.05) is 12.1 Å². The summed E-state index contributed by atoms with van der Waals surface area (Å²) < 4.78 is 0. The first-order valence-corrected chi connectivity index (χ1v) is 10.7. The van der Waals surface area contributed by atoms with Crippen molar-refractivity contribution in [2.24, 2.45) is 0 Å². The standard InChI is InChI=1S/C27H26N4O/c1-18-3-10-25(19(2)13-18)31-27-23(15-28)17-30-26-14-22(8-9-24(26)27)21-6-4-20(5-7-21)16-29-11-12-32/h3-10,13-14,17,29,32H,11-12,16H2,1-2H3,(H,30,31). The Morgan fingerprint density at radius 3 is 2.47 bits per heavy atom. The topological polar surface area (TPSA) is 81.0 Å². The van der Waals surface area contributed by atoms with Crippen LogP contribution < -0.4 is 10.6 Å². The summed E-state index contributed by atoms with van der Waals surface area (Å²) in [6.07, 6.45) is 1.63. The zero-order chi connectivity index (χ0) is 22.5. The fourth-order valence-corrected chi connectivity index (χ4v) is 3.81. The van der Waals surface area contributed by atoms with Gasteiger partial charge in [0.25, 0.3) is 0 Å². The zero-order valence-electron chi connectivity index (χ0n) is 18.3. The molecule has 5 nitrogen and oxygen atoms in total. The molecule has 0 fully saturated rings. The Labute approximate surface area is 188 Å². The first kappa shape index (κ1) is 21.5. The first-order valence-electron chi connectivity index (χ1n) is 10.7. The smallest absolute Gasteiger partial charge is 0.103 e. The average molecular weight is 423 g/mol. The zero-order valence-corrected chi connectivity index (χ0v) is 18.3. The summed E-state index contributed by atoms with van der Waals surface area (Å²) in [6, 6.07) is 23.0. The molecule has 0 unspecified atom stereocenters. The van der Waals surface area contributed by atoms with E-state index in [0.29, 0.717) is 12.1 Å². The Morgan fingerprint density at radius 2 is 1.75 bits per heavy atom. The van der Waals surface area contributed by atoms with Crippen molar-refractivity contribution in [3.63, 3.8) is 0 Å². The highest BCUT2D eigenvalue weighted by Crippen LogP contribution is 2.33. The second-order valence-corrected chi connectivity index (χ2v) is 7.93. The Morgan fingerprint density at radius 1 is 0.969 bits per heavy atom. The van der Waals surface area contributed by atoms with Gasteiger partial charge in [0, 0.05) is 30.4 Å². The molecule has 160 valence electrons. The van der Waals surface area contributed by atoms with E-state index in [9.17, 15) is 5.26 Å². The van der Waals surface area contributed by atoms with E-state index in [4.69, 9.17) is 5.11 Å². The number of hydrogen-bond acceptors (Lipinski definition) is 5. The lowest BCUT2D eigenvalue weighted by molar-refractivity contribution is 0.292. The third-order valence-electron chi connectivity index (χ3n) is 5.54. The molecule has 4 rings (SSSR count). The summed E-state index contributed by atoms with van der Waals surface area (Å²) in [5.74, 6) is 0. The first-order chi connectivity index (χ1) is 15.6. The van der Waals surface area contributed by atoms with Gasteiger partial charge in [-0.25, -0.2) is 0 Å². The molecule has 0 spiro atoms. The lowest BCUT2D eigenvalue weighted by Crippen LogP contribution is -2.17. The predicted molar refractivity (Wildman–Crippen MR) is 130 cm³/mol. The maximum atomic E-state index is 9.66. The Hall–Kier alpha value is -3.72. The van der Waals surface area contributed by atoms with Crippen LogP contribution in [0.3, 0.4) is 0 Å². The Balaban J connectivity index is 1.67. The molecule has 5 heteroatoms. The van der Waals surface area contributed by atoms with Crippen LogP contribution in [0.25, 0.3) is 22.0 Å². The number of nitrogens with one attached hydrogen (secondary N) is 2. The number of fused-ring (bicyclic) bond motifs is 1. The van der Waals surface area contributed by atoms with Crippen LogP contribution in [0.4, 0.5) is 11.4 Å². The number of aromatic nitrogens is 1. The van der Waals surface area contributed by atoms with Crippen molar-refractivity contribution in [3.8, 4) is 17.2 Å². The highest BCUT2D eigenvalue weighted by molar-refractivity contribution is 5.97. The van der Waals surface area contributed by atoms with Crippen LogP contribution in [0.2, 0.25) is 0 Å². The molecule has 0 amide bonds. The molecule has 4 aromatic rings. The van der Waals surface area contributed by atoms with Crippen molar-refractivity contribution in [2.45, 2.75) is 20.4 Å². The molecule has 0 saturated heterocycles. The molecule has 0 aliphatic carbocycles. The van der Waals surface area contributed by atoms with Gasteiger partial charge in [0.05, 0.1) is 23.4 Å². The van der Waals surface area contributed by atoms with Crippen LogP contribution in [0, 0.1) is 25.2 Å². The van der Waals surface area contributed by atoms with Crippen LogP contribution in [-0.2, 0) is 6.54 Å². The van der Waals surface area contributed by atoms with E-state index >= 15 is 0 Å². The van der Waals surface area contributed by atoms with Crippen LogP contribution in [0.15, 0.2) is 66.9 Å². The third kappa shape index (κ3) is 4.62. The van der Waals surface area contributed by atoms with Crippen molar-refractivity contribution in [1.29, 1.82) is 5.26 Å². The number of aryl methyl sites for hydroxylation is 2. The number of hydrogen-bond donors (Lipinski definition) is 3. The highest BCUT2D eigenvalue weighted by Gasteiger charge is 2.12. The largest absolute Gasteiger partial charge is 0.395 e. The van der Waals surface area contributed by atoms with Gasteiger partial charge in [-0.1, -0.05) is 54.1 Å². The number of nitriles is 1. The molecule has 0 bridgehead atoms. The van der Waals surface area contributed by atoms with Crippen molar-refractivity contribution >= 4 is 22.3 Å². The van der Waals surface area contributed by atoms with Gasteiger partial charge in [-0.2, -0.15) is 5.26 Å². The van der Waals surface area contributed by atoms with Crippen LogP contribution in [-0.4, -0.2) is 23.2 Å². The molecule has 0 aliphatic rings. The van der Waals surface area contributed by atoms with Gasteiger partial charge in [0.15, 0.2) is 0 Å². The summed E-state index contributed by atoms with van der Waals surface area (Å²) >= 11 is 0. The quantitative estimate of drug-likeness (QED) is 0.356. The van der Waals surface area contributed by atoms with E-state index in [1.54, 1.807) is 6.20 Å². The average Bonchev–Trinajstić information content (AvgIpc) is 2.81. The van der Waals surface area contributed by atoms with E-state index in [1.165, 1.54) is 11.1 Å². The van der Waals surface area contributed by atoms with E-state index in [-0.39, 0.29) is 6.61 Å². The minimum atomic E-state index is 0.135. The van der Waals surface area contributed by atoms with Crippen LogP contribution in [0.1, 0.15) is 22.3 Å². The third-order valence-corrected chi connectivity index (χ3v) is 5.54. The molecule has 32 heavy (non-hydrogen) atoms. The fourth-order valence-electron chi connectivity index (χ4n) is 3.81. The molecule has 3 N–H and O–H groups in total. The molecule has 0 aliphatic heterocycles. The molecule has 1 aromatic heterocycles. The van der Waals surface area contributed by atoms with Crippen molar-refractivity contribution < 1.29 is 5.11 Å². The highest BCUT2D eigenvalue weighted by atomic mass is 16.3. The summed E-state index contributed by atoms with van der Waals surface area (Å²) in [5, 5.41) is 26.1. The maximum absolute atomic E-state index is 9.66. The lowest BCUT2D eigenvalue weighted by atomic mass is 10.0. The number of benzene rings is 3. The summed E-state index contributed by atoms with van der Waals surface area (Å²) in [4.78, 5) is 4.55. The lowest BCUT2D eigenvalue weighted by Gasteiger charge is -2.14. The van der Waals surface area contributed by atoms with Crippen molar-refractivity contribution in [2.75, 3.05) is 18.5 Å². The second kappa shape index (κ2) is 9.61.